The van der Waals surface area contributed by atoms with Gasteiger partial charge in [0.1, 0.15) is 19.4 Å². The van der Waals surface area contributed by atoms with Crippen molar-refractivity contribution in [3.05, 3.63) is 71.8 Å². The molecule has 7 heteroatoms. The monoisotopic (exact) mass is 381 g/mol. The Kier molecular flexibility index (Phi) is 5.08. The number of benzene rings is 2. The summed E-state index contributed by atoms with van der Waals surface area (Å²) in [6, 6.07) is 17.2. The first-order valence-electron chi connectivity index (χ1n) is 9.01. The molecule has 2 saturated heterocycles. The standard InChI is InChI=1S/C21H19NO6/c23-16-11-17-22(16)18(20(24)26-12-14-7-3-1-4-8-14)19(28-17)21(25)27-13-15-9-5-2-6-10-15/h1-10,17-19H,11-13H2. The second kappa shape index (κ2) is 7.82. The van der Waals surface area contributed by atoms with E-state index in [1.54, 1.807) is 0 Å². The summed E-state index contributed by atoms with van der Waals surface area (Å²) in [4.78, 5) is 38.4. The van der Waals surface area contributed by atoms with Gasteiger partial charge in [0.05, 0.1) is 6.42 Å². The van der Waals surface area contributed by atoms with Crippen LogP contribution in [0.15, 0.2) is 60.7 Å². The minimum atomic E-state index is -1.19. The molecule has 2 fully saturated rings. The number of esters is 2. The molecule has 144 valence electrons. The van der Waals surface area contributed by atoms with E-state index in [9.17, 15) is 14.4 Å². The first kappa shape index (κ1) is 18.2. The van der Waals surface area contributed by atoms with E-state index in [0.29, 0.717) is 0 Å². The first-order chi connectivity index (χ1) is 13.6. The van der Waals surface area contributed by atoms with Crippen molar-refractivity contribution in [1.29, 1.82) is 0 Å². The maximum Gasteiger partial charge on any atom is 0.338 e. The number of nitrogens with zero attached hydrogens (tertiary/aromatic N) is 1. The van der Waals surface area contributed by atoms with Crippen molar-refractivity contribution in [1.82, 2.24) is 4.90 Å². The fourth-order valence-electron chi connectivity index (χ4n) is 3.29. The van der Waals surface area contributed by atoms with Crippen LogP contribution in [0.3, 0.4) is 0 Å². The van der Waals surface area contributed by atoms with Crippen LogP contribution in [-0.4, -0.2) is 41.1 Å². The van der Waals surface area contributed by atoms with Gasteiger partial charge in [0.15, 0.2) is 12.1 Å². The lowest BCUT2D eigenvalue weighted by Gasteiger charge is -2.35. The van der Waals surface area contributed by atoms with E-state index in [1.807, 2.05) is 60.7 Å². The fourth-order valence-corrected chi connectivity index (χ4v) is 3.29. The van der Waals surface area contributed by atoms with Gasteiger partial charge in [0, 0.05) is 0 Å². The molecule has 0 aliphatic carbocycles. The Hall–Kier alpha value is -3.19. The molecule has 2 aliphatic heterocycles. The Labute approximate surface area is 161 Å². The maximum absolute atomic E-state index is 12.6. The van der Waals surface area contributed by atoms with E-state index in [4.69, 9.17) is 14.2 Å². The quantitative estimate of drug-likeness (QED) is 0.561. The average Bonchev–Trinajstić information content (AvgIpc) is 3.04. The molecule has 7 nitrogen and oxygen atoms in total. The summed E-state index contributed by atoms with van der Waals surface area (Å²) >= 11 is 0. The molecule has 0 N–H and O–H groups in total. The van der Waals surface area contributed by atoms with Gasteiger partial charge in [0.25, 0.3) is 0 Å². The van der Waals surface area contributed by atoms with E-state index in [-0.39, 0.29) is 25.5 Å². The Morgan fingerprint density at radius 3 is 1.96 bits per heavy atom. The third-order valence-electron chi connectivity index (χ3n) is 4.76. The lowest BCUT2D eigenvalue weighted by atomic mass is 10.1. The van der Waals surface area contributed by atoms with Gasteiger partial charge in [-0.2, -0.15) is 0 Å². The highest BCUT2D eigenvalue weighted by Crippen LogP contribution is 2.35. The molecule has 3 atom stereocenters. The van der Waals surface area contributed by atoms with E-state index >= 15 is 0 Å². The summed E-state index contributed by atoms with van der Waals surface area (Å²) in [5.41, 5.74) is 1.63. The summed E-state index contributed by atoms with van der Waals surface area (Å²) < 4.78 is 16.2. The van der Waals surface area contributed by atoms with Crippen LogP contribution in [0.2, 0.25) is 0 Å². The van der Waals surface area contributed by atoms with Crippen LogP contribution in [0, 0.1) is 0 Å². The molecule has 28 heavy (non-hydrogen) atoms. The maximum atomic E-state index is 12.6. The predicted molar refractivity (Wildman–Crippen MR) is 96.4 cm³/mol. The van der Waals surface area contributed by atoms with Crippen molar-refractivity contribution >= 4 is 17.8 Å². The molecule has 2 heterocycles. The van der Waals surface area contributed by atoms with Crippen molar-refractivity contribution in [3.63, 3.8) is 0 Å². The van der Waals surface area contributed by atoms with Gasteiger partial charge in [-0.3, -0.25) is 9.69 Å². The molecule has 0 spiro atoms. The number of rotatable bonds is 6. The smallest absolute Gasteiger partial charge is 0.338 e. The highest BCUT2D eigenvalue weighted by Gasteiger charge is 2.58. The van der Waals surface area contributed by atoms with Crippen LogP contribution >= 0.6 is 0 Å². The zero-order valence-corrected chi connectivity index (χ0v) is 15.0. The Balaban J connectivity index is 1.42. The minimum absolute atomic E-state index is 0.0503. The Morgan fingerprint density at radius 2 is 1.43 bits per heavy atom. The van der Waals surface area contributed by atoms with Crippen LogP contribution in [0.5, 0.6) is 0 Å². The second-order valence-corrected chi connectivity index (χ2v) is 6.65. The summed E-state index contributed by atoms with van der Waals surface area (Å²) in [7, 11) is 0. The molecule has 3 unspecified atom stereocenters. The number of ether oxygens (including phenoxy) is 3. The van der Waals surface area contributed by atoms with E-state index in [1.165, 1.54) is 4.90 Å². The molecule has 4 rings (SSSR count). The average molecular weight is 381 g/mol. The topological polar surface area (TPSA) is 82.1 Å². The second-order valence-electron chi connectivity index (χ2n) is 6.65. The predicted octanol–water partition coefficient (Wildman–Crippen LogP) is 1.80. The minimum Gasteiger partial charge on any atom is -0.459 e. The largest absolute Gasteiger partial charge is 0.459 e. The summed E-state index contributed by atoms with van der Waals surface area (Å²) in [6.07, 6.45) is -1.63. The van der Waals surface area contributed by atoms with Crippen LogP contribution < -0.4 is 0 Å². The van der Waals surface area contributed by atoms with Gasteiger partial charge in [0.2, 0.25) is 5.91 Å². The van der Waals surface area contributed by atoms with E-state index in [0.717, 1.165) is 11.1 Å². The summed E-state index contributed by atoms with van der Waals surface area (Å²) in [5.74, 6) is -1.61. The first-order valence-corrected chi connectivity index (χ1v) is 9.01. The van der Waals surface area contributed by atoms with Crippen LogP contribution in [0.4, 0.5) is 0 Å². The third kappa shape index (κ3) is 3.61. The van der Waals surface area contributed by atoms with Crippen molar-refractivity contribution in [2.75, 3.05) is 0 Å². The van der Waals surface area contributed by atoms with Gasteiger partial charge in [-0.1, -0.05) is 60.7 Å². The molecule has 1 amide bonds. The zero-order chi connectivity index (χ0) is 19.5. The molecular formula is C21H19NO6. The van der Waals surface area contributed by atoms with Crippen molar-refractivity contribution in [2.24, 2.45) is 0 Å². The molecule has 0 saturated carbocycles. The molecule has 2 aliphatic rings. The van der Waals surface area contributed by atoms with Gasteiger partial charge in [-0.05, 0) is 11.1 Å². The third-order valence-corrected chi connectivity index (χ3v) is 4.76. The summed E-state index contributed by atoms with van der Waals surface area (Å²) in [6.45, 7) is 0.110. The molecule has 0 bridgehead atoms. The van der Waals surface area contributed by atoms with Gasteiger partial charge >= 0.3 is 11.9 Å². The molecule has 0 aromatic heterocycles. The highest BCUT2D eigenvalue weighted by atomic mass is 16.6. The summed E-state index contributed by atoms with van der Waals surface area (Å²) in [5, 5.41) is 0. The van der Waals surface area contributed by atoms with E-state index in [2.05, 4.69) is 0 Å². The SMILES string of the molecule is O=C(OCc1ccccc1)C1OC2CC(=O)N2C1C(=O)OCc1ccccc1. The highest BCUT2D eigenvalue weighted by molar-refractivity contribution is 5.94. The normalized spacial score (nSPS) is 22.9. The lowest BCUT2D eigenvalue weighted by Crippen LogP contribution is -2.56. The van der Waals surface area contributed by atoms with Crippen LogP contribution in [0.1, 0.15) is 17.5 Å². The Bertz CT molecular complexity index is 869. The number of hydrogen-bond acceptors (Lipinski definition) is 6. The number of fused-ring (bicyclic) bond motifs is 1. The van der Waals surface area contributed by atoms with E-state index < -0.39 is 30.3 Å². The number of carbonyl (C=O) groups excluding carboxylic acids is 3. The number of β-lactam (4-membered cyclic amide) rings is 1. The van der Waals surface area contributed by atoms with Gasteiger partial charge < -0.3 is 14.2 Å². The van der Waals surface area contributed by atoms with Gasteiger partial charge in [-0.25, -0.2) is 9.59 Å². The molecule has 2 aromatic carbocycles. The lowest BCUT2D eigenvalue weighted by molar-refractivity contribution is -0.166. The molecule has 2 aromatic rings. The van der Waals surface area contributed by atoms with Crippen molar-refractivity contribution < 1.29 is 28.6 Å². The van der Waals surface area contributed by atoms with Crippen LogP contribution in [0.25, 0.3) is 0 Å². The number of amides is 1. The van der Waals surface area contributed by atoms with Crippen molar-refractivity contribution in [2.45, 2.75) is 38.0 Å². The molecule has 0 radical (unpaired) electrons. The number of carbonyl (C=O) groups is 3. The van der Waals surface area contributed by atoms with Gasteiger partial charge in [-0.15, -0.1) is 0 Å². The number of hydrogen-bond donors (Lipinski definition) is 0. The fraction of sp³-hybridized carbons (Fsp3) is 0.286. The van der Waals surface area contributed by atoms with Crippen LogP contribution in [-0.2, 0) is 41.8 Å². The molecular weight excluding hydrogens is 362 g/mol. The zero-order valence-electron chi connectivity index (χ0n) is 15.0. The van der Waals surface area contributed by atoms with Crippen molar-refractivity contribution in [3.8, 4) is 0 Å². The Morgan fingerprint density at radius 1 is 0.893 bits per heavy atom.